The second-order valence-electron chi connectivity index (χ2n) is 6.78. The zero-order valence-electron chi connectivity index (χ0n) is 15.9. The van der Waals surface area contributed by atoms with Gasteiger partial charge < -0.3 is 11.1 Å². The molecule has 0 aliphatic carbocycles. The largest absolute Gasteiger partial charge is 0.376 e. The third kappa shape index (κ3) is 3.52. The van der Waals surface area contributed by atoms with Gasteiger partial charge in [-0.2, -0.15) is 5.10 Å². The lowest BCUT2D eigenvalue weighted by Gasteiger charge is -2.18. The third-order valence-electron chi connectivity index (χ3n) is 4.73. The van der Waals surface area contributed by atoms with Gasteiger partial charge in [0.15, 0.2) is 0 Å². The molecule has 4 aromatic rings. The number of nitrogens with two attached hydrogens (primary N) is 1. The minimum absolute atomic E-state index is 0.216. The number of aromatic nitrogens is 4. The topological polar surface area (TPSA) is 98.7 Å². The Hall–Kier alpha value is -3.81. The minimum atomic E-state index is -0.623. The summed E-state index contributed by atoms with van der Waals surface area (Å²) in [4.78, 5) is 20.3. The Morgan fingerprint density at radius 2 is 2.10 bits per heavy atom. The Morgan fingerprint density at radius 1 is 1.28 bits per heavy atom. The van der Waals surface area contributed by atoms with Gasteiger partial charge in [-0.25, -0.2) is 4.39 Å². The van der Waals surface area contributed by atoms with Crippen LogP contribution in [0.5, 0.6) is 0 Å². The molecule has 7 nitrogen and oxygen atoms in total. The number of benzene rings is 1. The van der Waals surface area contributed by atoms with Crippen LogP contribution >= 0.6 is 0 Å². The van der Waals surface area contributed by atoms with Gasteiger partial charge in [-0.3, -0.25) is 19.4 Å². The highest BCUT2D eigenvalue weighted by molar-refractivity contribution is 6.07. The molecule has 1 aromatic carbocycles. The molecule has 3 heterocycles. The molecule has 0 unspecified atom stereocenters. The Morgan fingerprint density at radius 3 is 2.76 bits per heavy atom. The third-order valence-corrected chi connectivity index (χ3v) is 4.73. The first-order valence-corrected chi connectivity index (χ1v) is 9.02. The number of fused-ring (bicyclic) bond motifs is 1. The lowest BCUT2D eigenvalue weighted by molar-refractivity contribution is 0.100. The molecule has 4 rings (SSSR count). The molecular formula is C21H19FN6O. The molecule has 146 valence electrons. The van der Waals surface area contributed by atoms with Gasteiger partial charge in [0.25, 0.3) is 5.91 Å². The van der Waals surface area contributed by atoms with Gasteiger partial charge in [0.1, 0.15) is 5.82 Å². The molecule has 29 heavy (non-hydrogen) atoms. The zero-order valence-corrected chi connectivity index (χ0v) is 15.9. The molecule has 0 saturated heterocycles. The Balaban J connectivity index is 1.89. The molecule has 0 aliphatic rings. The number of nitrogens with one attached hydrogen (secondary N) is 1. The predicted octanol–water partition coefficient (Wildman–Crippen LogP) is 3.44. The number of pyridine rings is 2. The smallest absolute Gasteiger partial charge is 0.252 e. The van der Waals surface area contributed by atoms with Crippen LogP contribution in [-0.4, -0.2) is 25.7 Å². The Bertz CT molecular complexity index is 1200. The summed E-state index contributed by atoms with van der Waals surface area (Å²) >= 11 is 0. The van der Waals surface area contributed by atoms with E-state index in [2.05, 4.69) is 20.4 Å². The zero-order chi connectivity index (χ0) is 20.5. The summed E-state index contributed by atoms with van der Waals surface area (Å²) in [5.74, 6) is -1.05. The number of carbonyl (C=O) groups excluding carboxylic acids is 1. The van der Waals surface area contributed by atoms with Gasteiger partial charge in [0, 0.05) is 54.4 Å². The number of hydrogen-bond donors (Lipinski definition) is 2. The molecule has 3 aromatic heterocycles. The van der Waals surface area contributed by atoms with Crippen molar-refractivity contribution in [2.75, 3.05) is 5.32 Å². The number of hydrogen-bond acceptors (Lipinski definition) is 5. The van der Waals surface area contributed by atoms with E-state index in [9.17, 15) is 9.18 Å². The van der Waals surface area contributed by atoms with Crippen molar-refractivity contribution in [3.8, 4) is 11.1 Å². The predicted molar refractivity (Wildman–Crippen MR) is 109 cm³/mol. The quantitative estimate of drug-likeness (QED) is 0.544. The van der Waals surface area contributed by atoms with Gasteiger partial charge in [0.2, 0.25) is 0 Å². The fourth-order valence-corrected chi connectivity index (χ4v) is 3.25. The van der Waals surface area contributed by atoms with Crippen molar-refractivity contribution in [2.45, 2.75) is 13.0 Å². The maximum absolute atomic E-state index is 14.7. The van der Waals surface area contributed by atoms with Crippen LogP contribution in [0.15, 0.2) is 55.1 Å². The maximum Gasteiger partial charge on any atom is 0.252 e. The van der Waals surface area contributed by atoms with Crippen molar-refractivity contribution in [3.63, 3.8) is 0 Å². The van der Waals surface area contributed by atoms with Gasteiger partial charge in [-0.15, -0.1) is 0 Å². The fraction of sp³-hybridized carbons (Fsp3) is 0.143. The van der Waals surface area contributed by atoms with Crippen LogP contribution in [0.1, 0.15) is 29.0 Å². The molecule has 0 spiro atoms. The van der Waals surface area contributed by atoms with Crippen molar-refractivity contribution < 1.29 is 9.18 Å². The van der Waals surface area contributed by atoms with E-state index < -0.39 is 11.7 Å². The second kappa shape index (κ2) is 7.31. The molecule has 0 fully saturated rings. The number of primary amides is 1. The summed E-state index contributed by atoms with van der Waals surface area (Å²) in [6, 6.07) is 8.18. The van der Waals surface area contributed by atoms with E-state index in [1.165, 1.54) is 12.3 Å². The number of nitrogens with zero attached hydrogens (tertiary/aromatic N) is 4. The average molecular weight is 390 g/mol. The molecular weight excluding hydrogens is 371 g/mol. The molecule has 1 atom stereocenters. The van der Waals surface area contributed by atoms with Crippen molar-refractivity contribution >= 4 is 22.5 Å². The number of carbonyl (C=O) groups is 1. The molecule has 8 heteroatoms. The van der Waals surface area contributed by atoms with Crippen molar-refractivity contribution in [1.82, 2.24) is 19.7 Å². The maximum atomic E-state index is 14.7. The summed E-state index contributed by atoms with van der Waals surface area (Å²) in [7, 11) is 1.83. The number of amides is 1. The number of rotatable bonds is 5. The Labute approximate surface area is 166 Å². The van der Waals surface area contributed by atoms with E-state index in [0.717, 1.165) is 5.69 Å². The first kappa shape index (κ1) is 18.5. The van der Waals surface area contributed by atoms with Crippen molar-refractivity contribution in [1.29, 1.82) is 0 Å². The summed E-state index contributed by atoms with van der Waals surface area (Å²) in [5.41, 5.74) is 8.49. The average Bonchev–Trinajstić information content (AvgIpc) is 3.14. The van der Waals surface area contributed by atoms with Crippen LogP contribution < -0.4 is 11.1 Å². The fourth-order valence-electron chi connectivity index (χ4n) is 3.25. The van der Waals surface area contributed by atoms with E-state index >= 15 is 0 Å². The van der Waals surface area contributed by atoms with Crippen LogP contribution in [0.3, 0.4) is 0 Å². The number of anilines is 1. The highest BCUT2D eigenvalue weighted by Crippen LogP contribution is 2.34. The summed E-state index contributed by atoms with van der Waals surface area (Å²) in [6.07, 6.45) is 6.40. The van der Waals surface area contributed by atoms with Gasteiger partial charge in [0.05, 0.1) is 28.5 Å². The molecule has 0 radical (unpaired) electrons. The van der Waals surface area contributed by atoms with Crippen LogP contribution in [-0.2, 0) is 7.05 Å². The highest BCUT2D eigenvalue weighted by atomic mass is 19.1. The summed E-state index contributed by atoms with van der Waals surface area (Å²) in [6.45, 7) is 1.92. The van der Waals surface area contributed by atoms with E-state index in [1.54, 1.807) is 35.3 Å². The van der Waals surface area contributed by atoms with E-state index in [1.807, 2.05) is 26.2 Å². The van der Waals surface area contributed by atoms with Gasteiger partial charge in [-0.05, 0) is 25.1 Å². The monoisotopic (exact) mass is 390 g/mol. The minimum Gasteiger partial charge on any atom is -0.376 e. The van der Waals surface area contributed by atoms with Crippen molar-refractivity contribution in [2.24, 2.45) is 12.8 Å². The van der Waals surface area contributed by atoms with Crippen LogP contribution in [0.25, 0.3) is 22.0 Å². The molecule has 1 amide bonds. The van der Waals surface area contributed by atoms with Crippen LogP contribution in [0.4, 0.5) is 10.1 Å². The molecule has 0 saturated carbocycles. The standard InChI is InChI=1S/C21H19FN6O/c1-12(18-5-7-28(2)27-18)26-20-15-8-14(13-4-3-6-24-10-13)17(22)9-19(15)25-11-16(20)21(23)29/h3-12H,1-2H3,(H2,23,29)(H,25,26)/t12-/m1/s1. The van der Waals surface area contributed by atoms with Gasteiger partial charge >= 0.3 is 0 Å². The first-order chi connectivity index (χ1) is 13.9. The highest BCUT2D eigenvalue weighted by Gasteiger charge is 2.19. The van der Waals surface area contributed by atoms with E-state index in [-0.39, 0.29) is 11.6 Å². The van der Waals surface area contributed by atoms with E-state index in [0.29, 0.717) is 27.7 Å². The second-order valence-corrected chi connectivity index (χ2v) is 6.78. The number of aryl methyl sites for hydroxylation is 1. The molecule has 0 aliphatic heterocycles. The SMILES string of the molecule is C[C@@H](Nc1c(C(N)=O)cnc2cc(F)c(-c3cccnc3)cc12)c1ccn(C)n1. The van der Waals surface area contributed by atoms with Gasteiger partial charge in [-0.1, -0.05) is 6.07 Å². The van der Waals surface area contributed by atoms with Crippen LogP contribution in [0, 0.1) is 5.82 Å². The lowest BCUT2D eigenvalue weighted by atomic mass is 10.0. The first-order valence-electron chi connectivity index (χ1n) is 9.02. The van der Waals surface area contributed by atoms with E-state index in [4.69, 9.17) is 5.73 Å². The lowest BCUT2D eigenvalue weighted by Crippen LogP contribution is -2.17. The van der Waals surface area contributed by atoms with Crippen LogP contribution in [0.2, 0.25) is 0 Å². The number of halogens is 1. The summed E-state index contributed by atoms with van der Waals surface area (Å²) < 4.78 is 16.4. The molecule has 0 bridgehead atoms. The summed E-state index contributed by atoms with van der Waals surface area (Å²) in [5, 5.41) is 8.29. The normalized spacial score (nSPS) is 12.1. The van der Waals surface area contributed by atoms with Crippen molar-refractivity contribution in [3.05, 3.63) is 72.2 Å². The molecule has 3 N–H and O–H groups in total. The Kier molecular flexibility index (Phi) is 4.67.